The smallest absolute Gasteiger partial charge is 0.219 e. The van der Waals surface area contributed by atoms with Gasteiger partial charge in [-0.25, -0.2) is 13.1 Å². The van der Waals surface area contributed by atoms with Gasteiger partial charge in [-0.2, -0.15) is 5.06 Å². The molecule has 1 aliphatic heterocycles. The Balaban J connectivity index is 1.76. The molecule has 2 heterocycles. The van der Waals surface area contributed by atoms with E-state index in [1.165, 1.54) is 0 Å². The Morgan fingerprint density at radius 2 is 2.05 bits per heavy atom. The Bertz CT molecular complexity index is 701. The second-order valence-electron chi connectivity index (χ2n) is 5.30. The van der Waals surface area contributed by atoms with Gasteiger partial charge in [-0.3, -0.25) is 4.84 Å². The van der Waals surface area contributed by atoms with Gasteiger partial charge in [0.05, 0.1) is 12.6 Å². The molecule has 0 spiro atoms. The van der Waals surface area contributed by atoms with E-state index in [0.717, 1.165) is 11.3 Å². The van der Waals surface area contributed by atoms with E-state index >= 15 is 0 Å². The van der Waals surface area contributed by atoms with E-state index in [9.17, 15) is 8.42 Å². The molecular weight excluding hydrogens is 302 g/mol. The SMILES string of the molecule is CN1OCC(S(=O)(=O)NCc2ccccc2)C1c1ccc[nH]1. The minimum absolute atomic E-state index is 0.143. The third-order valence-corrected chi connectivity index (χ3v) is 5.58. The first kappa shape index (κ1) is 15.2. The van der Waals surface area contributed by atoms with E-state index in [1.54, 1.807) is 18.3 Å². The molecule has 0 radical (unpaired) electrons. The molecule has 1 aromatic carbocycles. The fourth-order valence-corrected chi connectivity index (χ4v) is 4.15. The zero-order valence-corrected chi connectivity index (χ0v) is 13.1. The highest BCUT2D eigenvalue weighted by atomic mass is 32.2. The van der Waals surface area contributed by atoms with Crippen LogP contribution in [0.3, 0.4) is 0 Å². The Kier molecular flexibility index (Phi) is 4.30. The van der Waals surface area contributed by atoms with Gasteiger partial charge in [-0.15, -0.1) is 0 Å². The van der Waals surface area contributed by atoms with Crippen LogP contribution in [-0.4, -0.2) is 37.4 Å². The molecule has 1 aromatic heterocycles. The Morgan fingerprint density at radius 1 is 1.27 bits per heavy atom. The molecule has 7 heteroatoms. The quantitative estimate of drug-likeness (QED) is 0.873. The van der Waals surface area contributed by atoms with Crippen molar-refractivity contribution >= 4 is 10.0 Å². The van der Waals surface area contributed by atoms with Crippen molar-refractivity contribution in [3.05, 3.63) is 59.9 Å². The van der Waals surface area contributed by atoms with Crippen molar-refractivity contribution in [2.45, 2.75) is 17.8 Å². The molecule has 22 heavy (non-hydrogen) atoms. The molecule has 3 rings (SSSR count). The first-order valence-electron chi connectivity index (χ1n) is 7.09. The molecule has 0 saturated carbocycles. The number of nitrogens with one attached hydrogen (secondary N) is 2. The van der Waals surface area contributed by atoms with E-state index in [1.807, 2.05) is 42.5 Å². The van der Waals surface area contributed by atoms with Crippen molar-refractivity contribution < 1.29 is 13.3 Å². The van der Waals surface area contributed by atoms with Gasteiger partial charge in [0, 0.05) is 25.5 Å². The maximum absolute atomic E-state index is 12.6. The minimum atomic E-state index is -3.50. The molecule has 6 nitrogen and oxygen atoms in total. The predicted molar refractivity (Wildman–Crippen MR) is 83.2 cm³/mol. The molecule has 0 aliphatic carbocycles. The van der Waals surface area contributed by atoms with Crippen LogP contribution in [0.5, 0.6) is 0 Å². The standard InChI is InChI=1S/C15H19N3O3S/c1-18-15(13-8-5-9-16-13)14(11-21-18)22(19,20)17-10-12-6-3-2-4-7-12/h2-9,14-17H,10-11H2,1H3. The summed E-state index contributed by atoms with van der Waals surface area (Å²) < 4.78 is 27.9. The molecule has 1 aliphatic rings. The lowest BCUT2D eigenvalue weighted by Gasteiger charge is -2.21. The lowest BCUT2D eigenvalue weighted by atomic mass is 10.1. The second kappa shape index (κ2) is 6.21. The largest absolute Gasteiger partial charge is 0.364 e. The Morgan fingerprint density at radius 3 is 2.73 bits per heavy atom. The van der Waals surface area contributed by atoms with Gasteiger partial charge >= 0.3 is 0 Å². The summed E-state index contributed by atoms with van der Waals surface area (Å²) in [6, 6.07) is 12.8. The number of hydroxylamine groups is 2. The average Bonchev–Trinajstić information content (AvgIpc) is 3.15. The van der Waals surface area contributed by atoms with Crippen LogP contribution in [0.2, 0.25) is 0 Å². The molecule has 2 aromatic rings. The molecule has 2 N–H and O–H groups in total. The highest BCUT2D eigenvalue weighted by molar-refractivity contribution is 7.90. The number of nitrogens with zero attached hydrogens (tertiary/aromatic N) is 1. The van der Waals surface area contributed by atoms with E-state index in [4.69, 9.17) is 4.84 Å². The van der Waals surface area contributed by atoms with Crippen molar-refractivity contribution in [2.24, 2.45) is 0 Å². The zero-order valence-electron chi connectivity index (χ0n) is 12.3. The summed E-state index contributed by atoms with van der Waals surface area (Å²) in [7, 11) is -1.75. The van der Waals surface area contributed by atoms with Crippen molar-refractivity contribution in [1.29, 1.82) is 0 Å². The number of hydrogen-bond acceptors (Lipinski definition) is 4. The van der Waals surface area contributed by atoms with Gasteiger partial charge in [0.15, 0.2) is 0 Å². The van der Waals surface area contributed by atoms with Crippen molar-refractivity contribution in [3.63, 3.8) is 0 Å². The molecule has 0 amide bonds. The molecular formula is C15H19N3O3S. The predicted octanol–water partition coefficient (Wildman–Crippen LogP) is 1.42. The van der Waals surface area contributed by atoms with Crippen LogP contribution >= 0.6 is 0 Å². The Labute approximate surface area is 130 Å². The summed E-state index contributed by atoms with van der Waals surface area (Å²) in [5.74, 6) is 0. The monoisotopic (exact) mass is 321 g/mol. The van der Waals surface area contributed by atoms with Crippen LogP contribution in [0.4, 0.5) is 0 Å². The van der Waals surface area contributed by atoms with Crippen LogP contribution in [-0.2, 0) is 21.4 Å². The first-order valence-corrected chi connectivity index (χ1v) is 8.64. The number of benzene rings is 1. The highest BCUT2D eigenvalue weighted by Gasteiger charge is 2.43. The zero-order chi connectivity index (χ0) is 15.6. The van der Waals surface area contributed by atoms with E-state index in [0.29, 0.717) is 0 Å². The first-order chi connectivity index (χ1) is 10.6. The summed E-state index contributed by atoms with van der Waals surface area (Å²) in [6.45, 7) is 0.422. The van der Waals surface area contributed by atoms with Crippen molar-refractivity contribution in [2.75, 3.05) is 13.7 Å². The second-order valence-corrected chi connectivity index (χ2v) is 7.29. The summed E-state index contributed by atoms with van der Waals surface area (Å²) in [5, 5.41) is 0.943. The van der Waals surface area contributed by atoms with Crippen LogP contribution in [0.15, 0.2) is 48.7 Å². The minimum Gasteiger partial charge on any atom is -0.364 e. The van der Waals surface area contributed by atoms with Crippen LogP contribution in [0.25, 0.3) is 0 Å². The Hall–Kier alpha value is -1.67. The molecule has 2 atom stereocenters. The van der Waals surface area contributed by atoms with Gasteiger partial charge in [-0.1, -0.05) is 30.3 Å². The number of aromatic nitrogens is 1. The average molecular weight is 321 g/mol. The van der Waals surface area contributed by atoms with Gasteiger partial charge in [-0.05, 0) is 17.7 Å². The number of H-pyrrole nitrogens is 1. The number of hydrogen-bond donors (Lipinski definition) is 2. The molecule has 118 valence electrons. The number of rotatable bonds is 5. The lowest BCUT2D eigenvalue weighted by Crippen LogP contribution is -2.39. The topological polar surface area (TPSA) is 74.4 Å². The van der Waals surface area contributed by atoms with Gasteiger partial charge in [0.1, 0.15) is 5.25 Å². The fourth-order valence-electron chi connectivity index (χ4n) is 2.67. The molecule has 1 saturated heterocycles. The van der Waals surface area contributed by atoms with Crippen molar-refractivity contribution in [3.8, 4) is 0 Å². The summed E-state index contributed by atoms with van der Waals surface area (Å²) in [6.07, 6.45) is 1.78. The third kappa shape index (κ3) is 3.07. The van der Waals surface area contributed by atoms with Crippen LogP contribution in [0, 0.1) is 0 Å². The van der Waals surface area contributed by atoms with Crippen molar-refractivity contribution in [1.82, 2.24) is 14.8 Å². The van der Waals surface area contributed by atoms with E-state index in [-0.39, 0.29) is 19.2 Å². The summed E-state index contributed by atoms with van der Waals surface area (Å²) in [5.41, 5.74) is 1.75. The maximum atomic E-state index is 12.6. The van der Waals surface area contributed by atoms with E-state index in [2.05, 4.69) is 9.71 Å². The molecule has 1 fully saturated rings. The lowest BCUT2D eigenvalue weighted by molar-refractivity contribution is -0.111. The maximum Gasteiger partial charge on any atom is 0.219 e. The summed E-state index contributed by atoms with van der Waals surface area (Å²) >= 11 is 0. The normalized spacial score (nSPS) is 23.0. The summed E-state index contributed by atoms with van der Waals surface area (Å²) in [4.78, 5) is 8.51. The van der Waals surface area contributed by atoms with E-state index < -0.39 is 15.3 Å². The highest BCUT2D eigenvalue weighted by Crippen LogP contribution is 2.32. The fraction of sp³-hybridized carbons (Fsp3) is 0.333. The van der Waals surface area contributed by atoms with Gasteiger partial charge in [0.2, 0.25) is 10.0 Å². The van der Waals surface area contributed by atoms with Crippen LogP contribution < -0.4 is 4.72 Å². The molecule has 2 unspecified atom stereocenters. The van der Waals surface area contributed by atoms with Gasteiger partial charge < -0.3 is 4.98 Å². The number of sulfonamides is 1. The van der Waals surface area contributed by atoms with Gasteiger partial charge in [0.25, 0.3) is 0 Å². The molecule has 0 bridgehead atoms. The van der Waals surface area contributed by atoms with Crippen LogP contribution in [0.1, 0.15) is 17.3 Å². The number of aromatic amines is 1. The third-order valence-electron chi connectivity index (χ3n) is 3.85.